The Labute approximate surface area is 166 Å². The van der Waals surface area contributed by atoms with Gasteiger partial charge in [0.1, 0.15) is 0 Å². The van der Waals surface area contributed by atoms with Gasteiger partial charge in [-0.25, -0.2) is 17.5 Å². The zero-order valence-corrected chi connectivity index (χ0v) is 17.8. The van der Waals surface area contributed by atoms with Crippen molar-refractivity contribution in [3.63, 3.8) is 0 Å². The third kappa shape index (κ3) is 3.67. The van der Waals surface area contributed by atoms with Crippen molar-refractivity contribution in [3.05, 3.63) is 35.4 Å². The summed E-state index contributed by atoms with van der Waals surface area (Å²) in [6.45, 7) is 9.04. The molecule has 3 heterocycles. The molecule has 3 rings (SSSR count). The molecule has 2 aromatic heterocycles. The van der Waals surface area contributed by atoms with Crippen LogP contribution < -0.4 is 0 Å². The van der Waals surface area contributed by atoms with Gasteiger partial charge in [0.25, 0.3) is 0 Å². The van der Waals surface area contributed by atoms with Gasteiger partial charge >= 0.3 is 5.97 Å². The average molecular weight is 408 g/mol. The fraction of sp³-hybridized carbons (Fsp3) is 0.600. The van der Waals surface area contributed by atoms with Crippen molar-refractivity contribution >= 4 is 21.5 Å². The van der Waals surface area contributed by atoms with Gasteiger partial charge in [0, 0.05) is 31.2 Å². The van der Waals surface area contributed by atoms with Crippen molar-refractivity contribution in [2.24, 2.45) is 5.92 Å². The molecule has 2 aromatic rings. The summed E-state index contributed by atoms with van der Waals surface area (Å²) in [6, 6.07) is 0. The number of sulfonamides is 1. The molecule has 0 radical (unpaired) electrons. The Hall–Kier alpha value is -1.93. The van der Waals surface area contributed by atoms with Crippen molar-refractivity contribution < 1.29 is 17.9 Å². The summed E-state index contributed by atoms with van der Waals surface area (Å²) in [5, 5.41) is 0. The molecule has 7 nitrogen and oxygen atoms in total. The van der Waals surface area contributed by atoms with Crippen LogP contribution in [0, 0.1) is 12.8 Å². The maximum Gasteiger partial charge on any atom is 0.340 e. The molecule has 1 aliphatic rings. The second-order valence-corrected chi connectivity index (χ2v) is 9.62. The zero-order chi connectivity index (χ0) is 20.5. The summed E-state index contributed by atoms with van der Waals surface area (Å²) in [5.74, 6) is 0.353. The van der Waals surface area contributed by atoms with Crippen LogP contribution in [0.2, 0.25) is 0 Å². The van der Waals surface area contributed by atoms with Gasteiger partial charge in [0.05, 0.1) is 29.6 Å². The first kappa shape index (κ1) is 20.8. The van der Waals surface area contributed by atoms with E-state index in [4.69, 9.17) is 4.74 Å². The lowest BCUT2D eigenvalue weighted by atomic mass is 9.83. The van der Waals surface area contributed by atoms with Crippen molar-refractivity contribution in [1.82, 2.24) is 13.7 Å². The first-order valence-electron chi connectivity index (χ1n) is 9.91. The van der Waals surface area contributed by atoms with Gasteiger partial charge in [-0.3, -0.25) is 4.98 Å². The Bertz CT molecular complexity index is 959. The topological polar surface area (TPSA) is 81.0 Å². The molecular weight excluding hydrogens is 378 g/mol. The predicted octanol–water partition coefficient (Wildman–Crippen LogP) is 2.98. The molecule has 1 atom stereocenters. The number of nitrogens with zero attached hydrogens (tertiary/aromatic N) is 3. The standard InChI is InChI=1S/C20H29N3O4S/c1-5-27-20(24)18-15(4)19(23-12-9-21-13-17(18)23)14(3)16-7-10-22(11-8-16)28(25,26)6-2/h9,12-14,16H,5-8,10-11H2,1-4H3. The lowest BCUT2D eigenvalue weighted by Crippen LogP contribution is -2.40. The molecule has 0 bridgehead atoms. The maximum absolute atomic E-state index is 12.5. The van der Waals surface area contributed by atoms with Crippen LogP contribution in [-0.2, 0) is 14.8 Å². The second-order valence-electron chi connectivity index (χ2n) is 7.36. The van der Waals surface area contributed by atoms with Crippen LogP contribution in [0.5, 0.6) is 0 Å². The van der Waals surface area contributed by atoms with Gasteiger partial charge in [-0.2, -0.15) is 0 Å². The highest BCUT2D eigenvalue weighted by molar-refractivity contribution is 7.89. The third-order valence-corrected chi connectivity index (χ3v) is 7.79. The minimum atomic E-state index is -3.13. The van der Waals surface area contributed by atoms with Gasteiger partial charge in [0.2, 0.25) is 10.0 Å². The summed E-state index contributed by atoms with van der Waals surface area (Å²) in [5.41, 5.74) is 3.33. The molecule has 0 N–H and O–H groups in total. The third-order valence-electron chi connectivity index (χ3n) is 5.91. The van der Waals surface area contributed by atoms with Crippen LogP contribution in [-0.4, -0.2) is 53.5 Å². The number of piperidine rings is 1. The Morgan fingerprint density at radius 2 is 2.00 bits per heavy atom. The van der Waals surface area contributed by atoms with Gasteiger partial charge in [-0.1, -0.05) is 6.92 Å². The second kappa shape index (κ2) is 8.21. The Kier molecular flexibility index (Phi) is 6.09. The molecule has 1 aliphatic heterocycles. The van der Waals surface area contributed by atoms with Gasteiger partial charge in [-0.15, -0.1) is 0 Å². The number of esters is 1. The zero-order valence-electron chi connectivity index (χ0n) is 17.0. The van der Waals surface area contributed by atoms with E-state index in [2.05, 4.69) is 11.9 Å². The lowest BCUT2D eigenvalue weighted by Gasteiger charge is -2.34. The van der Waals surface area contributed by atoms with Crippen LogP contribution >= 0.6 is 0 Å². The lowest BCUT2D eigenvalue weighted by molar-refractivity contribution is 0.0528. The summed E-state index contributed by atoms with van der Waals surface area (Å²) in [7, 11) is -3.13. The van der Waals surface area contributed by atoms with E-state index in [9.17, 15) is 13.2 Å². The predicted molar refractivity (Wildman–Crippen MR) is 108 cm³/mol. The fourth-order valence-corrected chi connectivity index (χ4v) is 5.47. The molecule has 28 heavy (non-hydrogen) atoms. The van der Waals surface area contributed by atoms with Gasteiger partial charge in [0.15, 0.2) is 0 Å². The Morgan fingerprint density at radius 3 is 2.61 bits per heavy atom. The first-order valence-corrected chi connectivity index (χ1v) is 11.5. The monoisotopic (exact) mass is 407 g/mol. The number of ether oxygens (including phenoxy) is 1. The van der Waals surface area contributed by atoms with Crippen LogP contribution in [0.1, 0.15) is 61.1 Å². The molecule has 1 fully saturated rings. The highest BCUT2D eigenvalue weighted by atomic mass is 32.2. The summed E-state index contributed by atoms with van der Waals surface area (Å²) >= 11 is 0. The van der Waals surface area contributed by atoms with E-state index in [-0.39, 0.29) is 17.6 Å². The number of carbonyl (C=O) groups is 1. The number of hydrogen-bond acceptors (Lipinski definition) is 5. The number of rotatable bonds is 6. The SMILES string of the molecule is CCOC(=O)c1c(C)c(C(C)C2CCN(S(=O)(=O)CC)CC2)n2ccncc12. The molecule has 0 aromatic carbocycles. The highest BCUT2D eigenvalue weighted by Crippen LogP contribution is 2.37. The van der Waals surface area contributed by atoms with Crippen molar-refractivity contribution in [1.29, 1.82) is 0 Å². The fourth-order valence-electron chi connectivity index (χ4n) is 4.34. The normalized spacial score (nSPS) is 17.7. The molecule has 8 heteroatoms. The van der Waals surface area contributed by atoms with Crippen molar-refractivity contribution in [3.8, 4) is 0 Å². The highest BCUT2D eigenvalue weighted by Gasteiger charge is 2.33. The van der Waals surface area contributed by atoms with Gasteiger partial charge < -0.3 is 9.14 Å². The molecule has 154 valence electrons. The summed E-state index contributed by atoms with van der Waals surface area (Å²) in [4.78, 5) is 16.7. The average Bonchev–Trinajstić information content (AvgIpc) is 2.99. The van der Waals surface area contributed by atoms with E-state index < -0.39 is 10.0 Å². The van der Waals surface area contributed by atoms with Crippen LogP contribution in [0.25, 0.3) is 5.52 Å². The minimum absolute atomic E-state index is 0.144. The quantitative estimate of drug-likeness (QED) is 0.688. The summed E-state index contributed by atoms with van der Waals surface area (Å²) < 4.78 is 33.2. The minimum Gasteiger partial charge on any atom is -0.462 e. The van der Waals surface area contributed by atoms with E-state index in [1.54, 1.807) is 30.5 Å². The molecule has 0 amide bonds. The molecular formula is C20H29N3O4S. The van der Waals surface area contributed by atoms with E-state index in [0.29, 0.717) is 31.2 Å². The van der Waals surface area contributed by atoms with Crippen LogP contribution in [0.4, 0.5) is 0 Å². The van der Waals surface area contributed by atoms with Crippen molar-refractivity contribution in [2.75, 3.05) is 25.4 Å². The number of aromatic nitrogens is 2. The molecule has 0 saturated carbocycles. The first-order chi connectivity index (χ1) is 13.3. The van der Waals surface area contributed by atoms with E-state index >= 15 is 0 Å². The number of carbonyl (C=O) groups excluding carboxylic acids is 1. The Balaban J connectivity index is 1.92. The molecule has 1 unspecified atom stereocenters. The van der Waals surface area contributed by atoms with E-state index in [1.807, 2.05) is 17.5 Å². The smallest absolute Gasteiger partial charge is 0.340 e. The number of fused-ring (bicyclic) bond motifs is 1. The Morgan fingerprint density at radius 1 is 1.32 bits per heavy atom. The van der Waals surface area contributed by atoms with E-state index in [0.717, 1.165) is 29.6 Å². The number of hydrogen-bond donors (Lipinski definition) is 0. The molecule has 0 spiro atoms. The van der Waals surface area contributed by atoms with Crippen molar-refractivity contribution in [2.45, 2.75) is 46.5 Å². The largest absolute Gasteiger partial charge is 0.462 e. The van der Waals surface area contributed by atoms with Gasteiger partial charge in [-0.05, 0) is 51.0 Å². The molecule has 0 aliphatic carbocycles. The van der Waals surface area contributed by atoms with Crippen LogP contribution in [0.3, 0.4) is 0 Å². The summed E-state index contributed by atoms with van der Waals surface area (Å²) in [6.07, 6.45) is 6.92. The van der Waals surface area contributed by atoms with E-state index in [1.165, 1.54) is 0 Å². The maximum atomic E-state index is 12.5. The molecule has 1 saturated heterocycles. The van der Waals surface area contributed by atoms with Crippen LogP contribution in [0.15, 0.2) is 18.6 Å².